The van der Waals surface area contributed by atoms with Crippen LogP contribution < -0.4 is 31.9 Å². The number of hydrogen-bond donors (Lipinski definition) is 6. The average molecular weight is 803 g/mol. The Bertz CT molecular complexity index is 1710. The zero-order valence-corrected chi connectivity index (χ0v) is 37.7. The van der Waals surface area contributed by atoms with Crippen LogP contribution in [0.25, 0.3) is 0 Å². The molecule has 0 fully saturated rings. The lowest BCUT2D eigenvalue weighted by atomic mass is 9.98. The lowest BCUT2D eigenvalue weighted by molar-refractivity contribution is -0.122. The first-order chi connectivity index (χ1) is 28.4. The third-order valence-corrected chi connectivity index (χ3v) is 9.46. The first-order valence-corrected chi connectivity index (χ1v) is 22.0. The van der Waals surface area contributed by atoms with E-state index in [0.717, 1.165) is 73.4 Å². The highest BCUT2D eigenvalue weighted by molar-refractivity contribution is 5.82. The zero-order valence-electron chi connectivity index (χ0n) is 37.7. The van der Waals surface area contributed by atoms with E-state index in [1.807, 2.05) is 13.0 Å². The maximum atomic E-state index is 13.4. The summed E-state index contributed by atoms with van der Waals surface area (Å²) in [5.41, 5.74) is 10.6. The molecule has 1 amide bonds. The summed E-state index contributed by atoms with van der Waals surface area (Å²) in [4.78, 5) is 13.4. The highest BCUT2D eigenvalue weighted by Crippen LogP contribution is 2.17. The van der Waals surface area contributed by atoms with Gasteiger partial charge in [-0.3, -0.25) is 4.79 Å². The molecule has 3 aromatic rings. The summed E-state index contributed by atoms with van der Waals surface area (Å²) in [5, 5.41) is 21.0. The molecule has 7 heteroatoms. The molecule has 3 unspecified atom stereocenters. The summed E-state index contributed by atoms with van der Waals surface area (Å²) in [5.74, 6) is -0.0992. The fourth-order valence-corrected chi connectivity index (χ4v) is 6.63. The Hall–Kier alpha value is -5.17. The van der Waals surface area contributed by atoms with Crippen molar-refractivity contribution in [2.45, 2.75) is 131 Å². The first kappa shape index (κ1) is 50.0. The molecule has 3 aromatic carbocycles. The van der Waals surface area contributed by atoms with Gasteiger partial charge in [-0.1, -0.05) is 164 Å². The molecule has 6 N–H and O–H groups in total. The lowest BCUT2D eigenvalue weighted by Gasteiger charge is -2.28. The van der Waals surface area contributed by atoms with E-state index in [-0.39, 0.29) is 18.0 Å². The van der Waals surface area contributed by atoms with Crippen LogP contribution in [-0.4, -0.2) is 43.7 Å². The number of benzene rings is 3. The number of rotatable bonds is 16. The molecule has 2 aliphatic rings. The second-order valence-electron chi connectivity index (χ2n) is 15.9. The highest BCUT2D eigenvalue weighted by Gasteiger charge is 2.21. The van der Waals surface area contributed by atoms with Crippen molar-refractivity contribution in [3.63, 3.8) is 0 Å². The molecule has 2 bridgehead atoms. The van der Waals surface area contributed by atoms with Crippen molar-refractivity contribution in [2.75, 3.05) is 19.6 Å². The van der Waals surface area contributed by atoms with Crippen LogP contribution in [0.2, 0.25) is 0 Å². The molecule has 0 radical (unpaired) electrons. The topological polar surface area (TPSA) is 89.2 Å². The van der Waals surface area contributed by atoms with Crippen LogP contribution in [0.4, 0.5) is 0 Å². The van der Waals surface area contributed by atoms with E-state index in [9.17, 15) is 4.79 Å². The summed E-state index contributed by atoms with van der Waals surface area (Å²) in [6.07, 6.45) is 11.9. The number of hydrogen-bond acceptors (Lipinski definition) is 6. The van der Waals surface area contributed by atoms with Crippen LogP contribution in [-0.2, 0) is 30.5 Å². The molecule has 0 aliphatic carbocycles. The minimum absolute atomic E-state index is 0.00948. The number of aryl methyl sites for hydroxylation is 2. The normalized spacial score (nSPS) is 15.7. The van der Waals surface area contributed by atoms with Gasteiger partial charge in [0, 0.05) is 53.9 Å². The van der Waals surface area contributed by atoms with Gasteiger partial charge in [0.1, 0.15) is 6.04 Å². The molecule has 59 heavy (non-hydrogen) atoms. The van der Waals surface area contributed by atoms with Crippen LogP contribution in [0, 0.1) is 6.92 Å². The van der Waals surface area contributed by atoms with Crippen molar-refractivity contribution in [3.8, 4) is 0 Å². The zero-order chi connectivity index (χ0) is 43.4. The van der Waals surface area contributed by atoms with Gasteiger partial charge in [-0.05, 0) is 74.6 Å². The molecule has 2 aliphatic heterocycles. The van der Waals surface area contributed by atoms with Gasteiger partial charge < -0.3 is 31.9 Å². The van der Waals surface area contributed by atoms with Gasteiger partial charge in [0.15, 0.2) is 0 Å². The molecule has 3 atom stereocenters. The minimum atomic E-state index is -0.446. The van der Waals surface area contributed by atoms with E-state index in [1.54, 1.807) is 0 Å². The first-order valence-electron chi connectivity index (χ1n) is 22.0. The van der Waals surface area contributed by atoms with Crippen LogP contribution in [0.15, 0.2) is 140 Å². The van der Waals surface area contributed by atoms with E-state index in [1.165, 1.54) is 40.8 Å². The smallest absolute Gasteiger partial charge is 0.243 e. The number of amides is 1. The summed E-state index contributed by atoms with van der Waals surface area (Å²) in [6, 6.07) is 27.2. The summed E-state index contributed by atoms with van der Waals surface area (Å²) >= 11 is 0. The predicted octanol–water partition coefficient (Wildman–Crippen LogP) is 10.1. The quantitative estimate of drug-likeness (QED) is 0.0865. The van der Waals surface area contributed by atoms with Crippen molar-refractivity contribution in [1.29, 1.82) is 0 Å². The maximum absolute atomic E-state index is 13.4. The molecule has 0 saturated carbocycles. The fraction of sp³-hybridized carbons (Fsp3) is 0.442. The van der Waals surface area contributed by atoms with E-state index in [2.05, 4.69) is 179 Å². The average Bonchev–Trinajstić information content (AvgIpc) is 3.21. The molecule has 7 nitrogen and oxygen atoms in total. The monoisotopic (exact) mass is 803 g/mol. The molecule has 2 heterocycles. The molecule has 0 aromatic heterocycles. The molecule has 0 saturated heterocycles. The Balaban J connectivity index is 0.00000188. The molecular weight excluding hydrogens is 725 g/mol. The van der Waals surface area contributed by atoms with Gasteiger partial charge in [-0.15, -0.1) is 0 Å². The standard InChI is InChI=1S/C46H62N6O.2C3H8/c1-8-14-42-32-48-37(7)44(29-41-24-22-38(23-25-41)15-12-13-26-47-42)52-35(5)27-43(28-39-16-10-9-11-17-39)51-36(6)31-49-46(53)45(50-33(2)3)30-40-20-18-34(4)19-21-40;2*1-3-2/h9-11,14,16-25,43-45,47-48,50-52H,2,5-8,12-13,15,26-32H2,1,3-4H3,(H,49,53);2*3H2,1-2H3/b42-14+;;. The van der Waals surface area contributed by atoms with E-state index < -0.39 is 6.04 Å². The van der Waals surface area contributed by atoms with Crippen LogP contribution in [0.5, 0.6) is 0 Å². The SMILES string of the molecule is C=C(C)NC(Cc1ccc(C)cc1)C(=O)NCC(=C)NC(CC(=C)NC1Cc2ccc(cc2)CCCCN/C(=C/CC)CNC1=C)Cc1ccccc1.CCC.CCC. The van der Waals surface area contributed by atoms with Crippen molar-refractivity contribution in [1.82, 2.24) is 31.9 Å². The van der Waals surface area contributed by atoms with E-state index in [0.29, 0.717) is 25.9 Å². The van der Waals surface area contributed by atoms with Crippen LogP contribution in [0.3, 0.4) is 0 Å². The third-order valence-electron chi connectivity index (χ3n) is 9.46. The fourth-order valence-electron chi connectivity index (χ4n) is 6.63. The number of carbonyl (C=O) groups is 1. The maximum Gasteiger partial charge on any atom is 0.243 e. The van der Waals surface area contributed by atoms with Crippen molar-refractivity contribution in [3.05, 3.63) is 168 Å². The molecule has 5 rings (SSSR count). The number of fused-ring (bicyclic) bond motifs is 12. The Labute approximate surface area is 359 Å². The predicted molar refractivity (Wildman–Crippen MR) is 255 cm³/mol. The van der Waals surface area contributed by atoms with Gasteiger partial charge in [-0.2, -0.15) is 0 Å². The van der Waals surface area contributed by atoms with Crippen LogP contribution in [0.1, 0.15) is 108 Å². The summed E-state index contributed by atoms with van der Waals surface area (Å²) < 4.78 is 0. The molecular formula is C52H78N6O. The highest BCUT2D eigenvalue weighted by atomic mass is 16.2. The largest absolute Gasteiger partial charge is 0.387 e. The van der Waals surface area contributed by atoms with Crippen molar-refractivity contribution in [2.24, 2.45) is 0 Å². The Morgan fingerprint density at radius 2 is 1.42 bits per heavy atom. The second kappa shape index (κ2) is 29.1. The number of nitrogens with one attached hydrogen (secondary N) is 6. The second-order valence-corrected chi connectivity index (χ2v) is 15.9. The van der Waals surface area contributed by atoms with E-state index >= 15 is 0 Å². The van der Waals surface area contributed by atoms with E-state index in [4.69, 9.17) is 0 Å². The molecule has 322 valence electrons. The molecule has 0 spiro atoms. The summed E-state index contributed by atoms with van der Waals surface area (Å²) in [7, 11) is 0. The van der Waals surface area contributed by atoms with Crippen LogP contribution >= 0.6 is 0 Å². The Morgan fingerprint density at radius 1 is 0.797 bits per heavy atom. The minimum Gasteiger partial charge on any atom is -0.387 e. The van der Waals surface area contributed by atoms with Gasteiger partial charge in [-0.25, -0.2) is 0 Å². The van der Waals surface area contributed by atoms with Gasteiger partial charge >= 0.3 is 0 Å². The third kappa shape index (κ3) is 21.4. The lowest BCUT2D eigenvalue weighted by Crippen LogP contribution is -2.46. The Morgan fingerprint density at radius 3 is 2.05 bits per heavy atom. The van der Waals surface area contributed by atoms with Gasteiger partial charge in [0.05, 0.1) is 19.1 Å². The number of carbonyl (C=O) groups excluding carboxylic acids is 1. The van der Waals surface area contributed by atoms with Crippen molar-refractivity contribution < 1.29 is 4.79 Å². The van der Waals surface area contributed by atoms with Gasteiger partial charge in [0.2, 0.25) is 5.91 Å². The Kier molecular flexibility index (Phi) is 24.7. The summed E-state index contributed by atoms with van der Waals surface area (Å²) in [6.45, 7) is 33.9. The van der Waals surface area contributed by atoms with Gasteiger partial charge in [0.25, 0.3) is 0 Å². The van der Waals surface area contributed by atoms with Crippen molar-refractivity contribution >= 4 is 5.91 Å². The number of allylic oxidation sites excluding steroid dienone is 2.